The molecule has 1 saturated heterocycles. The highest BCUT2D eigenvalue weighted by Crippen LogP contribution is 2.20. The first kappa shape index (κ1) is 16.0. The van der Waals surface area contributed by atoms with Crippen LogP contribution in [0, 0.1) is 11.8 Å². The molecule has 2 amide bonds. The van der Waals surface area contributed by atoms with Crippen molar-refractivity contribution in [2.75, 3.05) is 6.54 Å². The number of rotatable bonds is 6. The SMILES string of the molecule is CCCC(C)CN1C(=O)C(C(C)CC)NC(=O)C1C. The lowest BCUT2D eigenvalue weighted by Crippen LogP contribution is -2.64. The van der Waals surface area contributed by atoms with Gasteiger partial charge in [-0.25, -0.2) is 0 Å². The second kappa shape index (κ2) is 6.92. The maximum atomic E-state index is 12.5. The number of nitrogens with zero attached hydrogens (tertiary/aromatic N) is 1. The van der Waals surface area contributed by atoms with Gasteiger partial charge in [0.2, 0.25) is 11.8 Å². The first-order valence-corrected chi connectivity index (χ1v) is 7.53. The molecule has 1 aliphatic heterocycles. The standard InChI is InChI=1S/C15H28N2O2/c1-6-8-10(3)9-17-12(5)14(18)16-13(15(17)19)11(4)7-2/h10-13H,6-9H2,1-5H3,(H,16,18). The lowest BCUT2D eigenvalue weighted by molar-refractivity contribution is -0.150. The second-order valence-corrected chi connectivity index (χ2v) is 5.93. The van der Waals surface area contributed by atoms with Crippen LogP contribution in [0.1, 0.15) is 53.9 Å². The van der Waals surface area contributed by atoms with E-state index >= 15 is 0 Å². The molecule has 4 unspecified atom stereocenters. The first-order valence-electron chi connectivity index (χ1n) is 7.53. The average Bonchev–Trinajstić information content (AvgIpc) is 2.38. The highest BCUT2D eigenvalue weighted by atomic mass is 16.2. The van der Waals surface area contributed by atoms with Crippen LogP contribution in [0.25, 0.3) is 0 Å². The summed E-state index contributed by atoms with van der Waals surface area (Å²) in [7, 11) is 0. The van der Waals surface area contributed by atoms with Crippen LogP contribution in [0.3, 0.4) is 0 Å². The van der Waals surface area contributed by atoms with E-state index in [0.29, 0.717) is 12.5 Å². The Morgan fingerprint density at radius 2 is 1.89 bits per heavy atom. The van der Waals surface area contributed by atoms with Gasteiger partial charge in [-0.15, -0.1) is 0 Å². The maximum absolute atomic E-state index is 12.5. The molecule has 110 valence electrons. The van der Waals surface area contributed by atoms with Crippen molar-refractivity contribution in [1.29, 1.82) is 0 Å². The minimum atomic E-state index is -0.345. The molecule has 0 aliphatic carbocycles. The summed E-state index contributed by atoms with van der Waals surface area (Å²) in [5.41, 5.74) is 0. The molecule has 19 heavy (non-hydrogen) atoms. The normalized spacial score (nSPS) is 27.1. The number of amides is 2. The van der Waals surface area contributed by atoms with E-state index in [4.69, 9.17) is 0 Å². The molecular formula is C15H28N2O2. The molecule has 1 heterocycles. The van der Waals surface area contributed by atoms with Gasteiger partial charge in [0.15, 0.2) is 0 Å². The Bertz CT molecular complexity index is 330. The number of piperazine rings is 1. The summed E-state index contributed by atoms with van der Waals surface area (Å²) < 4.78 is 0. The van der Waals surface area contributed by atoms with Crippen molar-refractivity contribution >= 4 is 11.8 Å². The Morgan fingerprint density at radius 3 is 2.42 bits per heavy atom. The van der Waals surface area contributed by atoms with Crippen molar-refractivity contribution in [3.63, 3.8) is 0 Å². The van der Waals surface area contributed by atoms with Crippen LogP contribution in [0.5, 0.6) is 0 Å². The van der Waals surface area contributed by atoms with Crippen molar-refractivity contribution in [1.82, 2.24) is 10.2 Å². The third-order valence-electron chi connectivity index (χ3n) is 4.20. The molecule has 0 bridgehead atoms. The number of hydrogen-bond donors (Lipinski definition) is 1. The Kier molecular flexibility index (Phi) is 5.83. The molecule has 0 saturated carbocycles. The van der Waals surface area contributed by atoms with Gasteiger partial charge in [-0.05, 0) is 25.2 Å². The van der Waals surface area contributed by atoms with Gasteiger partial charge in [0, 0.05) is 6.54 Å². The van der Waals surface area contributed by atoms with Crippen LogP contribution < -0.4 is 5.32 Å². The molecule has 1 aliphatic rings. The highest BCUT2D eigenvalue weighted by Gasteiger charge is 2.40. The van der Waals surface area contributed by atoms with Gasteiger partial charge in [-0.1, -0.05) is 40.5 Å². The fourth-order valence-electron chi connectivity index (χ4n) is 2.64. The first-order chi connectivity index (χ1) is 8.92. The quantitative estimate of drug-likeness (QED) is 0.802. The van der Waals surface area contributed by atoms with Crippen LogP contribution in [-0.4, -0.2) is 35.3 Å². The van der Waals surface area contributed by atoms with Crippen LogP contribution in [0.15, 0.2) is 0 Å². The summed E-state index contributed by atoms with van der Waals surface area (Å²) in [6, 6.07) is -0.686. The van der Waals surface area contributed by atoms with Gasteiger partial charge in [0.1, 0.15) is 12.1 Å². The summed E-state index contributed by atoms with van der Waals surface area (Å²) in [6.07, 6.45) is 3.09. The van der Waals surface area contributed by atoms with E-state index in [1.165, 1.54) is 0 Å². The minimum absolute atomic E-state index is 0.0198. The Balaban J connectivity index is 2.81. The topological polar surface area (TPSA) is 49.4 Å². The van der Waals surface area contributed by atoms with Crippen molar-refractivity contribution in [3.8, 4) is 0 Å². The van der Waals surface area contributed by atoms with Crippen LogP contribution in [-0.2, 0) is 9.59 Å². The molecule has 0 radical (unpaired) electrons. The highest BCUT2D eigenvalue weighted by molar-refractivity contribution is 5.96. The van der Waals surface area contributed by atoms with E-state index in [9.17, 15) is 9.59 Å². The van der Waals surface area contributed by atoms with E-state index in [-0.39, 0.29) is 29.8 Å². The fraction of sp³-hybridized carbons (Fsp3) is 0.867. The van der Waals surface area contributed by atoms with Crippen molar-refractivity contribution in [2.45, 2.75) is 66.0 Å². The number of carbonyl (C=O) groups is 2. The third kappa shape index (κ3) is 3.71. The van der Waals surface area contributed by atoms with E-state index in [1.54, 1.807) is 4.90 Å². The number of carbonyl (C=O) groups excluding carboxylic acids is 2. The molecule has 0 aromatic heterocycles. The molecular weight excluding hydrogens is 240 g/mol. The Labute approximate surface area is 116 Å². The van der Waals surface area contributed by atoms with Gasteiger partial charge in [0.25, 0.3) is 0 Å². The summed E-state index contributed by atoms with van der Waals surface area (Å²) in [5.74, 6) is 0.700. The second-order valence-electron chi connectivity index (χ2n) is 5.93. The summed E-state index contributed by atoms with van der Waals surface area (Å²) in [5, 5.41) is 2.87. The Morgan fingerprint density at radius 1 is 1.26 bits per heavy atom. The molecule has 4 atom stereocenters. The zero-order chi connectivity index (χ0) is 14.6. The van der Waals surface area contributed by atoms with Crippen LogP contribution in [0.4, 0.5) is 0 Å². The Hall–Kier alpha value is -1.06. The smallest absolute Gasteiger partial charge is 0.246 e. The molecule has 4 nitrogen and oxygen atoms in total. The average molecular weight is 268 g/mol. The molecule has 1 fully saturated rings. The molecule has 1 rings (SSSR count). The fourth-order valence-corrected chi connectivity index (χ4v) is 2.64. The maximum Gasteiger partial charge on any atom is 0.246 e. The van der Waals surface area contributed by atoms with E-state index < -0.39 is 0 Å². The molecule has 1 N–H and O–H groups in total. The predicted molar refractivity (Wildman–Crippen MR) is 76.6 cm³/mol. The monoisotopic (exact) mass is 268 g/mol. The van der Waals surface area contributed by atoms with Crippen molar-refractivity contribution < 1.29 is 9.59 Å². The van der Waals surface area contributed by atoms with E-state index in [2.05, 4.69) is 19.2 Å². The number of nitrogens with one attached hydrogen (secondary N) is 1. The molecule has 0 spiro atoms. The largest absolute Gasteiger partial charge is 0.342 e. The lowest BCUT2D eigenvalue weighted by Gasteiger charge is -2.40. The third-order valence-corrected chi connectivity index (χ3v) is 4.20. The van der Waals surface area contributed by atoms with Gasteiger partial charge < -0.3 is 10.2 Å². The van der Waals surface area contributed by atoms with Gasteiger partial charge >= 0.3 is 0 Å². The minimum Gasteiger partial charge on any atom is -0.342 e. The zero-order valence-corrected chi connectivity index (χ0v) is 12.9. The van der Waals surface area contributed by atoms with E-state index in [1.807, 2.05) is 20.8 Å². The summed E-state index contributed by atoms with van der Waals surface area (Å²) in [4.78, 5) is 26.3. The molecule has 0 aromatic carbocycles. The molecule has 0 aromatic rings. The van der Waals surface area contributed by atoms with Crippen LogP contribution in [0.2, 0.25) is 0 Å². The molecule has 4 heteroatoms. The van der Waals surface area contributed by atoms with Crippen molar-refractivity contribution in [2.24, 2.45) is 11.8 Å². The predicted octanol–water partition coefficient (Wildman–Crippen LogP) is 2.18. The summed E-state index contributed by atoms with van der Waals surface area (Å²) in [6.45, 7) is 10.9. The number of hydrogen-bond acceptors (Lipinski definition) is 2. The van der Waals surface area contributed by atoms with Crippen molar-refractivity contribution in [3.05, 3.63) is 0 Å². The summed E-state index contributed by atoms with van der Waals surface area (Å²) >= 11 is 0. The van der Waals surface area contributed by atoms with E-state index in [0.717, 1.165) is 19.3 Å². The van der Waals surface area contributed by atoms with Crippen LogP contribution >= 0.6 is 0 Å². The zero-order valence-electron chi connectivity index (χ0n) is 12.9. The van der Waals surface area contributed by atoms with Gasteiger partial charge in [0.05, 0.1) is 0 Å². The van der Waals surface area contributed by atoms with Gasteiger partial charge in [-0.2, -0.15) is 0 Å². The lowest BCUT2D eigenvalue weighted by atomic mass is 9.93. The van der Waals surface area contributed by atoms with Gasteiger partial charge in [-0.3, -0.25) is 9.59 Å².